The molecular weight excluding hydrogens is 518 g/mol. The lowest BCUT2D eigenvalue weighted by Crippen LogP contribution is -2.15. The molecule has 0 radical (unpaired) electrons. The maximum atomic E-state index is 2.43. The van der Waals surface area contributed by atoms with Crippen molar-refractivity contribution in [2.45, 2.75) is 25.7 Å². The minimum Gasteiger partial charge on any atom is -0.310 e. The molecule has 6 rings (SSSR count). The highest BCUT2D eigenvalue weighted by Gasteiger charge is 2.20. The van der Waals surface area contributed by atoms with Crippen LogP contribution in [0, 0.1) is 0 Å². The number of benzene rings is 5. The molecule has 0 amide bonds. The van der Waals surface area contributed by atoms with Crippen molar-refractivity contribution in [3.05, 3.63) is 185 Å². The predicted octanol–water partition coefficient (Wildman–Crippen LogP) is 11.5. The molecule has 0 N–H and O–H groups in total. The van der Waals surface area contributed by atoms with Crippen molar-refractivity contribution in [2.75, 3.05) is 4.90 Å². The van der Waals surface area contributed by atoms with Crippen molar-refractivity contribution < 1.29 is 0 Å². The highest BCUT2D eigenvalue weighted by Crippen LogP contribution is 2.40. The van der Waals surface area contributed by atoms with Crippen LogP contribution in [-0.2, 0) is 12.8 Å². The second-order valence-electron chi connectivity index (χ2n) is 10.9. The molecule has 210 valence electrons. The molecule has 5 aromatic carbocycles. The number of hydrogen-bond acceptors (Lipinski definition) is 1. The molecule has 0 spiro atoms. The molecular formula is C42H37N. The summed E-state index contributed by atoms with van der Waals surface area (Å²) in [5.74, 6) is 0. The number of rotatable bonds is 9. The van der Waals surface area contributed by atoms with Gasteiger partial charge in [0.1, 0.15) is 0 Å². The Kier molecular flexibility index (Phi) is 9.22. The predicted molar refractivity (Wildman–Crippen MR) is 187 cm³/mol. The topological polar surface area (TPSA) is 3.24 Å². The molecule has 43 heavy (non-hydrogen) atoms. The van der Waals surface area contributed by atoms with E-state index in [0.717, 1.165) is 12.8 Å². The van der Waals surface area contributed by atoms with Gasteiger partial charge in [-0.15, -0.1) is 0 Å². The highest BCUT2D eigenvalue weighted by atomic mass is 15.1. The zero-order chi connectivity index (χ0) is 29.1. The molecule has 0 atom stereocenters. The number of aryl methyl sites for hydroxylation is 1. The van der Waals surface area contributed by atoms with Crippen LogP contribution >= 0.6 is 0 Å². The molecule has 1 aliphatic carbocycles. The number of nitrogens with zero attached hydrogens (tertiary/aromatic N) is 1. The number of fused-ring (bicyclic) bond motifs is 1. The Morgan fingerprint density at radius 1 is 0.419 bits per heavy atom. The third-order valence-corrected chi connectivity index (χ3v) is 7.87. The summed E-state index contributed by atoms with van der Waals surface area (Å²) in [5, 5.41) is 0. The first-order chi connectivity index (χ1) is 21.3. The number of allylic oxidation sites excluding steroid dienone is 4. The van der Waals surface area contributed by atoms with Crippen molar-refractivity contribution in [1.29, 1.82) is 0 Å². The van der Waals surface area contributed by atoms with E-state index in [0.29, 0.717) is 0 Å². The van der Waals surface area contributed by atoms with Crippen LogP contribution in [0.25, 0.3) is 24.3 Å². The van der Waals surface area contributed by atoms with Gasteiger partial charge in [0, 0.05) is 17.1 Å². The van der Waals surface area contributed by atoms with Crippen LogP contribution in [0.4, 0.5) is 17.1 Å². The third-order valence-electron chi connectivity index (χ3n) is 7.87. The fourth-order valence-corrected chi connectivity index (χ4v) is 5.69. The van der Waals surface area contributed by atoms with Crippen molar-refractivity contribution >= 4 is 41.4 Å². The smallest absolute Gasteiger partial charge is 0.0496 e. The molecule has 1 aliphatic rings. The standard InChI is InChI=1S/C42H37N/c1-3-15-34(16-4-1)19-7-8-21-36-29-31-39(32-30-36)43(42-28-14-25-38-24-11-12-27-41(38)42)40-26-13-23-37(33-40)22-10-9-20-35-17-5-2-6-18-35/h1-10,13-23,25-26,28-33H,11-12,24,27H2/b19-7+,20-9+,21-8+,22-10?. The van der Waals surface area contributed by atoms with Crippen LogP contribution in [0.2, 0.25) is 0 Å². The van der Waals surface area contributed by atoms with E-state index in [-0.39, 0.29) is 0 Å². The van der Waals surface area contributed by atoms with Crippen LogP contribution in [0.1, 0.15) is 46.2 Å². The van der Waals surface area contributed by atoms with Gasteiger partial charge >= 0.3 is 0 Å². The summed E-state index contributed by atoms with van der Waals surface area (Å²) < 4.78 is 0. The average Bonchev–Trinajstić information content (AvgIpc) is 3.07. The maximum absolute atomic E-state index is 2.43. The molecule has 0 unspecified atom stereocenters. The zero-order valence-electron chi connectivity index (χ0n) is 24.5. The Balaban J connectivity index is 1.29. The van der Waals surface area contributed by atoms with E-state index in [1.54, 1.807) is 0 Å². The summed E-state index contributed by atoms with van der Waals surface area (Å²) in [6.45, 7) is 0. The summed E-state index contributed by atoms with van der Waals surface area (Å²) >= 11 is 0. The van der Waals surface area contributed by atoms with E-state index in [1.807, 2.05) is 12.1 Å². The van der Waals surface area contributed by atoms with E-state index in [2.05, 4.69) is 169 Å². The van der Waals surface area contributed by atoms with E-state index in [4.69, 9.17) is 0 Å². The van der Waals surface area contributed by atoms with Gasteiger partial charge in [-0.3, -0.25) is 0 Å². The molecule has 0 aliphatic heterocycles. The molecule has 0 heterocycles. The van der Waals surface area contributed by atoms with Gasteiger partial charge < -0.3 is 4.90 Å². The van der Waals surface area contributed by atoms with Crippen LogP contribution in [0.15, 0.2) is 152 Å². The highest BCUT2D eigenvalue weighted by molar-refractivity contribution is 5.81. The van der Waals surface area contributed by atoms with E-state index >= 15 is 0 Å². The minimum absolute atomic E-state index is 1.13. The SMILES string of the molecule is C(=Cc1cccc(N(c2ccc(/C=C/C=C/c3ccccc3)cc2)c2cccc3c2CCCC3)c1)/C=C/c1ccccc1. The van der Waals surface area contributed by atoms with Crippen LogP contribution in [-0.4, -0.2) is 0 Å². The van der Waals surface area contributed by atoms with Crippen LogP contribution in [0.5, 0.6) is 0 Å². The van der Waals surface area contributed by atoms with Crippen LogP contribution in [0.3, 0.4) is 0 Å². The largest absolute Gasteiger partial charge is 0.310 e. The molecule has 1 nitrogen and oxygen atoms in total. The zero-order valence-corrected chi connectivity index (χ0v) is 24.5. The molecule has 0 saturated heterocycles. The molecule has 0 bridgehead atoms. The quantitative estimate of drug-likeness (QED) is 0.164. The summed E-state index contributed by atoms with van der Waals surface area (Å²) in [6.07, 6.45) is 21.8. The lowest BCUT2D eigenvalue weighted by molar-refractivity contribution is 0.686. The normalized spacial score (nSPS) is 13.3. The fraction of sp³-hybridized carbons (Fsp3) is 0.0952. The van der Waals surface area contributed by atoms with Crippen molar-refractivity contribution in [2.24, 2.45) is 0 Å². The maximum Gasteiger partial charge on any atom is 0.0496 e. The molecule has 0 saturated carbocycles. The third kappa shape index (κ3) is 7.39. The van der Waals surface area contributed by atoms with E-state index in [9.17, 15) is 0 Å². The Bertz CT molecular complexity index is 1740. The summed E-state index contributed by atoms with van der Waals surface area (Å²) in [6, 6.07) is 45.4. The Morgan fingerprint density at radius 2 is 0.953 bits per heavy atom. The van der Waals surface area contributed by atoms with Gasteiger partial charge in [-0.05, 0) is 89.4 Å². The van der Waals surface area contributed by atoms with Crippen molar-refractivity contribution in [3.63, 3.8) is 0 Å². The molecule has 0 fully saturated rings. The van der Waals surface area contributed by atoms with E-state index < -0.39 is 0 Å². The van der Waals surface area contributed by atoms with Gasteiger partial charge in [0.25, 0.3) is 0 Å². The first-order valence-electron chi connectivity index (χ1n) is 15.2. The second-order valence-corrected chi connectivity index (χ2v) is 10.9. The van der Waals surface area contributed by atoms with Gasteiger partial charge in [0.2, 0.25) is 0 Å². The lowest BCUT2D eigenvalue weighted by Gasteiger charge is -2.30. The van der Waals surface area contributed by atoms with Gasteiger partial charge in [0.05, 0.1) is 0 Å². The minimum atomic E-state index is 1.13. The Labute approximate surface area is 256 Å². The Morgan fingerprint density at radius 3 is 1.60 bits per heavy atom. The number of anilines is 3. The van der Waals surface area contributed by atoms with Crippen molar-refractivity contribution in [3.8, 4) is 0 Å². The molecule has 0 aromatic heterocycles. The van der Waals surface area contributed by atoms with E-state index in [1.165, 1.54) is 63.3 Å². The average molecular weight is 556 g/mol. The summed E-state index contributed by atoms with van der Waals surface area (Å²) in [7, 11) is 0. The second kappa shape index (κ2) is 14.2. The monoisotopic (exact) mass is 555 g/mol. The van der Waals surface area contributed by atoms with Gasteiger partial charge in [-0.1, -0.05) is 146 Å². The Hall–Kier alpha value is -5.14. The van der Waals surface area contributed by atoms with Gasteiger partial charge in [0.15, 0.2) is 0 Å². The fourth-order valence-electron chi connectivity index (χ4n) is 5.69. The lowest BCUT2D eigenvalue weighted by atomic mass is 9.89. The number of hydrogen-bond donors (Lipinski definition) is 0. The van der Waals surface area contributed by atoms with Gasteiger partial charge in [-0.2, -0.15) is 0 Å². The summed E-state index contributed by atoms with van der Waals surface area (Å²) in [4.78, 5) is 2.43. The first-order valence-corrected chi connectivity index (χ1v) is 15.2. The van der Waals surface area contributed by atoms with Crippen molar-refractivity contribution in [1.82, 2.24) is 0 Å². The summed E-state index contributed by atoms with van der Waals surface area (Å²) in [5.41, 5.74) is 11.4. The first kappa shape index (κ1) is 28.0. The van der Waals surface area contributed by atoms with Gasteiger partial charge in [-0.25, -0.2) is 0 Å². The molecule has 1 heteroatoms. The van der Waals surface area contributed by atoms with Crippen LogP contribution < -0.4 is 4.90 Å². The molecule has 5 aromatic rings.